The molecule has 42 valence electrons. The predicted molar refractivity (Wildman–Crippen MR) is 33.2 cm³/mol. The molecule has 0 aliphatic heterocycles. The summed E-state index contributed by atoms with van der Waals surface area (Å²) in [6.45, 7) is 4.62. The molecule has 8 heavy (non-hydrogen) atoms. The molecule has 0 aromatic carbocycles. The van der Waals surface area contributed by atoms with Crippen molar-refractivity contribution in [2.75, 3.05) is 6.54 Å². The van der Waals surface area contributed by atoms with E-state index in [-0.39, 0.29) is 18.9 Å². The van der Waals surface area contributed by atoms with Crippen molar-refractivity contribution >= 4 is 0 Å². The van der Waals surface area contributed by atoms with Gasteiger partial charge in [0.15, 0.2) is 0 Å². The first-order chi connectivity index (χ1) is 3.27. The summed E-state index contributed by atoms with van der Waals surface area (Å²) in [5.74, 6) is 0.602. The molecule has 1 nitrogen and oxygen atoms in total. The van der Waals surface area contributed by atoms with Crippen LogP contribution in [0.1, 0.15) is 13.8 Å². The van der Waals surface area contributed by atoms with E-state index in [1.54, 1.807) is 0 Å². The summed E-state index contributed by atoms with van der Waals surface area (Å²) in [7, 11) is 0. The van der Waals surface area contributed by atoms with Gasteiger partial charge < -0.3 is 5.73 Å². The van der Waals surface area contributed by atoms with Crippen LogP contribution >= 0.6 is 0 Å². The number of allylic oxidation sites excluding steroid dienone is 1. The molecule has 2 heteroatoms. The minimum absolute atomic E-state index is 0. The van der Waals surface area contributed by atoms with E-state index in [4.69, 9.17) is 5.73 Å². The molecule has 0 aromatic rings. The van der Waals surface area contributed by atoms with Gasteiger partial charge in [-0.15, -0.1) is 12.6 Å². The van der Waals surface area contributed by atoms with E-state index < -0.39 is 0 Å². The molecule has 0 saturated carbocycles. The molecule has 0 bridgehead atoms. The van der Waals surface area contributed by atoms with Gasteiger partial charge in [-0.25, -0.2) is 0 Å². The quantitative estimate of drug-likeness (QED) is 0.326. The molecule has 0 amide bonds. The Kier molecular flexibility index (Phi) is 10.2. The summed E-state index contributed by atoms with van der Waals surface area (Å²) >= 11 is 0. The van der Waals surface area contributed by atoms with Gasteiger partial charge in [0.05, 0.1) is 0 Å². The van der Waals surface area contributed by atoms with Crippen molar-refractivity contribution in [2.45, 2.75) is 13.8 Å². The van der Waals surface area contributed by atoms with E-state index in [0.717, 1.165) is 0 Å². The third-order valence-electron chi connectivity index (χ3n) is 0.639. The summed E-state index contributed by atoms with van der Waals surface area (Å²) in [5, 5.41) is 0. The van der Waals surface area contributed by atoms with E-state index in [1.807, 2.05) is 12.2 Å². The third-order valence-corrected chi connectivity index (χ3v) is 0.639. The summed E-state index contributed by atoms with van der Waals surface area (Å²) in [6, 6.07) is 0. The van der Waals surface area contributed by atoms with Gasteiger partial charge >= 0.3 is 18.9 Å². The van der Waals surface area contributed by atoms with Crippen molar-refractivity contribution in [3.05, 3.63) is 17.9 Å². The van der Waals surface area contributed by atoms with Crippen LogP contribution in [-0.2, 0) is 0 Å². The van der Waals surface area contributed by atoms with Crippen molar-refractivity contribution in [2.24, 2.45) is 5.92 Å². The molecule has 0 unspecified atom stereocenters. The molecule has 1 N–H and O–H groups in total. The molecule has 0 rings (SSSR count). The van der Waals surface area contributed by atoms with Gasteiger partial charge in [-0.2, -0.15) is 0 Å². The Morgan fingerprint density at radius 3 is 2.12 bits per heavy atom. The monoisotopic (exact) mass is 105 g/mol. The van der Waals surface area contributed by atoms with Crippen LogP contribution in [0, 0.1) is 5.92 Å². The molecule has 0 spiro atoms. The first-order valence-electron chi connectivity index (χ1n) is 2.58. The molecule has 0 saturated heterocycles. The molecule has 0 atom stereocenters. The maximum absolute atomic E-state index is 6.71. The standard InChI is InChI=1S/C6H12N.Li/c1-6(2)4-3-5-7;/h3-4,6-7H,5H2,1-2H3;/q-1;+1/b4-3+;. The van der Waals surface area contributed by atoms with Crippen LogP contribution in [0.15, 0.2) is 12.2 Å². The Labute approximate surface area is 63.5 Å². The van der Waals surface area contributed by atoms with Crippen LogP contribution in [0.3, 0.4) is 0 Å². The second kappa shape index (κ2) is 7.30. The summed E-state index contributed by atoms with van der Waals surface area (Å²) in [5.41, 5.74) is 6.71. The van der Waals surface area contributed by atoms with E-state index in [1.165, 1.54) is 0 Å². The Hall–Kier alpha value is 0.297. The smallest absolute Gasteiger partial charge is 0.674 e. The molecule has 0 heterocycles. The number of hydrogen-bond donors (Lipinski definition) is 0. The van der Waals surface area contributed by atoms with Crippen molar-refractivity contribution in [3.8, 4) is 0 Å². The number of hydrogen-bond acceptors (Lipinski definition) is 0. The van der Waals surface area contributed by atoms with Gasteiger partial charge in [0, 0.05) is 0 Å². The Balaban J connectivity index is 0. The van der Waals surface area contributed by atoms with Crippen LogP contribution < -0.4 is 18.9 Å². The maximum Gasteiger partial charge on any atom is 1.00 e. The van der Waals surface area contributed by atoms with E-state index in [9.17, 15) is 0 Å². The van der Waals surface area contributed by atoms with Crippen LogP contribution in [-0.4, -0.2) is 6.54 Å². The van der Waals surface area contributed by atoms with Gasteiger partial charge in [0.1, 0.15) is 0 Å². The third kappa shape index (κ3) is 9.57. The van der Waals surface area contributed by atoms with Crippen molar-refractivity contribution in [1.29, 1.82) is 0 Å². The van der Waals surface area contributed by atoms with Gasteiger partial charge in [-0.1, -0.05) is 19.9 Å². The normalized spacial score (nSPS) is 10.0. The molecule has 0 aromatic heterocycles. The van der Waals surface area contributed by atoms with Crippen LogP contribution in [0.2, 0.25) is 0 Å². The zero-order valence-electron chi connectivity index (χ0n) is 5.94. The van der Waals surface area contributed by atoms with E-state index in [2.05, 4.69) is 13.8 Å². The second-order valence-corrected chi connectivity index (χ2v) is 1.88. The second-order valence-electron chi connectivity index (χ2n) is 1.88. The molecular formula is C6H12LiN. The minimum Gasteiger partial charge on any atom is -0.674 e. The zero-order chi connectivity index (χ0) is 5.70. The van der Waals surface area contributed by atoms with Gasteiger partial charge in [0.25, 0.3) is 0 Å². The maximum atomic E-state index is 6.71. The molecule has 0 radical (unpaired) electrons. The van der Waals surface area contributed by atoms with Crippen molar-refractivity contribution in [3.63, 3.8) is 0 Å². The number of nitrogens with one attached hydrogen (secondary N) is 1. The zero-order valence-corrected chi connectivity index (χ0v) is 5.94. The van der Waals surface area contributed by atoms with Crippen molar-refractivity contribution in [1.82, 2.24) is 0 Å². The minimum atomic E-state index is 0. The Bertz CT molecular complexity index is 59.5. The fourth-order valence-corrected chi connectivity index (χ4v) is 0.340. The predicted octanol–water partition coefficient (Wildman–Crippen LogP) is -0.745. The first kappa shape index (κ1) is 11.1. The summed E-state index contributed by atoms with van der Waals surface area (Å²) in [4.78, 5) is 0. The Morgan fingerprint density at radius 2 is 2.00 bits per heavy atom. The SMILES string of the molecule is CC(C)/C=C/C[NH-].[Li+]. The van der Waals surface area contributed by atoms with E-state index in [0.29, 0.717) is 12.5 Å². The largest absolute Gasteiger partial charge is 1.00 e. The molecule has 0 aliphatic carbocycles. The fraction of sp³-hybridized carbons (Fsp3) is 0.667. The van der Waals surface area contributed by atoms with Gasteiger partial charge in [-0.3, -0.25) is 0 Å². The number of rotatable bonds is 2. The molecule has 0 fully saturated rings. The average Bonchev–Trinajstić information content (AvgIpc) is 1.61. The fourth-order valence-electron chi connectivity index (χ4n) is 0.340. The van der Waals surface area contributed by atoms with Crippen LogP contribution in [0.4, 0.5) is 0 Å². The molecular weight excluding hydrogens is 93.0 g/mol. The summed E-state index contributed by atoms with van der Waals surface area (Å²) < 4.78 is 0. The summed E-state index contributed by atoms with van der Waals surface area (Å²) in [6.07, 6.45) is 3.90. The van der Waals surface area contributed by atoms with Gasteiger partial charge in [-0.05, 0) is 5.92 Å². The van der Waals surface area contributed by atoms with Crippen molar-refractivity contribution < 1.29 is 18.9 Å². The molecule has 0 aliphatic rings. The van der Waals surface area contributed by atoms with Gasteiger partial charge in [0.2, 0.25) is 0 Å². The Morgan fingerprint density at radius 1 is 1.50 bits per heavy atom. The van der Waals surface area contributed by atoms with E-state index >= 15 is 0 Å². The van der Waals surface area contributed by atoms with Crippen LogP contribution in [0.25, 0.3) is 5.73 Å². The average molecular weight is 105 g/mol. The first-order valence-corrected chi connectivity index (χ1v) is 2.58. The van der Waals surface area contributed by atoms with Crippen LogP contribution in [0.5, 0.6) is 0 Å². The topological polar surface area (TPSA) is 23.8 Å².